The van der Waals surface area contributed by atoms with Gasteiger partial charge in [0.1, 0.15) is 0 Å². The highest BCUT2D eigenvalue weighted by Crippen LogP contribution is 2.16. The number of benzene rings is 1. The lowest BCUT2D eigenvalue weighted by Crippen LogP contribution is -2.34. The van der Waals surface area contributed by atoms with Crippen molar-refractivity contribution in [1.29, 1.82) is 5.26 Å². The summed E-state index contributed by atoms with van der Waals surface area (Å²) >= 11 is 0. The number of nitriles is 1. The van der Waals surface area contributed by atoms with E-state index in [4.69, 9.17) is 5.26 Å². The van der Waals surface area contributed by atoms with Gasteiger partial charge in [-0.05, 0) is 32.3 Å². The lowest BCUT2D eigenvalue weighted by atomic mass is 10.0. The molecule has 138 valence electrons. The van der Waals surface area contributed by atoms with E-state index in [1.54, 1.807) is 5.01 Å². The summed E-state index contributed by atoms with van der Waals surface area (Å²) < 4.78 is 0. The van der Waals surface area contributed by atoms with Crippen molar-refractivity contribution >= 4 is 17.6 Å². The second-order valence-corrected chi connectivity index (χ2v) is 6.13. The van der Waals surface area contributed by atoms with Crippen LogP contribution in [0.3, 0.4) is 0 Å². The molecule has 0 atom stereocenters. The van der Waals surface area contributed by atoms with Gasteiger partial charge in [0, 0.05) is 32.5 Å². The van der Waals surface area contributed by atoms with Crippen LogP contribution in [-0.4, -0.2) is 42.2 Å². The molecule has 0 fully saturated rings. The number of nitrogens with one attached hydrogen (secondary N) is 2. The van der Waals surface area contributed by atoms with Crippen molar-refractivity contribution in [2.75, 3.05) is 19.6 Å². The second kappa shape index (κ2) is 10.2. The first-order chi connectivity index (χ1) is 12.6. The standard InChI is InChI=1S/C19H26N6O/c1-3-21-19(23-14-20)22-12-4-5-13-25-18(26)11-10-17(24-25)16-8-6-15(2)7-9-16/h6-9H,3-5,10-13H2,1-2H3,(H2,21,22,23). The Hall–Kier alpha value is -2.88. The predicted molar refractivity (Wildman–Crippen MR) is 103 cm³/mol. The summed E-state index contributed by atoms with van der Waals surface area (Å²) in [5.74, 6) is 0.563. The summed E-state index contributed by atoms with van der Waals surface area (Å²) in [6, 6.07) is 8.24. The molecule has 0 aromatic heterocycles. The largest absolute Gasteiger partial charge is 0.356 e. The van der Waals surface area contributed by atoms with Gasteiger partial charge in [0.15, 0.2) is 6.19 Å². The van der Waals surface area contributed by atoms with Crippen LogP contribution in [0.1, 0.15) is 43.7 Å². The topological polar surface area (TPSA) is 92.9 Å². The zero-order valence-electron chi connectivity index (χ0n) is 15.5. The Balaban J connectivity index is 1.86. The fourth-order valence-corrected chi connectivity index (χ4v) is 2.65. The van der Waals surface area contributed by atoms with Crippen LogP contribution in [0.25, 0.3) is 0 Å². The molecule has 0 unspecified atom stereocenters. The van der Waals surface area contributed by atoms with Gasteiger partial charge in [-0.25, -0.2) is 5.01 Å². The minimum Gasteiger partial charge on any atom is -0.356 e. The summed E-state index contributed by atoms with van der Waals surface area (Å²) in [5, 5.41) is 20.3. The van der Waals surface area contributed by atoms with E-state index in [2.05, 4.69) is 51.9 Å². The molecule has 0 saturated carbocycles. The highest BCUT2D eigenvalue weighted by atomic mass is 16.2. The van der Waals surface area contributed by atoms with E-state index < -0.39 is 0 Å². The van der Waals surface area contributed by atoms with Gasteiger partial charge in [-0.15, -0.1) is 0 Å². The number of aliphatic imine (C=N–C) groups is 1. The molecule has 1 aromatic rings. The summed E-state index contributed by atoms with van der Waals surface area (Å²) in [6.45, 7) is 5.88. The average molecular weight is 354 g/mol. The summed E-state index contributed by atoms with van der Waals surface area (Å²) in [4.78, 5) is 16.4. The molecule has 1 aromatic carbocycles. The van der Waals surface area contributed by atoms with Crippen LogP contribution in [-0.2, 0) is 4.79 Å². The number of hydrogen-bond donors (Lipinski definition) is 2. The van der Waals surface area contributed by atoms with Crippen molar-refractivity contribution in [3.8, 4) is 6.19 Å². The van der Waals surface area contributed by atoms with E-state index in [1.165, 1.54) is 5.56 Å². The van der Waals surface area contributed by atoms with Gasteiger partial charge in [-0.3, -0.25) is 15.1 Å². The average Bonchev–Trinajstić information content (AvgIpc) is 2.64. The first-order valence-corrected chi connectivity index (χ1v) is 9.02. The number of carbonyl (C=O) groups excluding carboxylic acids is 1. The Morgan fingerprint density at radius 1 is 1.31 bits per heavy atom. The number of hydrazone groups is 1. The van der Waals surface area contributed by atoms with Crippen LogP contribution in [0, 0.1) is 18.4 Å². The summed E-state index contributed by atoms with van der Waals surface area (Å²) in [5.41, 5.74) is 3.26. The van der Waals surface area contributed by atoms with E-state index in [-0.39, 0.29) is 5.91 Å². The zero-order valence-corrected chi connectivity index (χ0v) is 15.5. The number of amides is 1. The van der Waals surface area contributed by atoms with E-state index in [9.17, 15) is 4.79 Å². The van der Waals surface area contributed by atoms with Crippen LogP contribution in [0.5, 0.6) is 0 Å². The third kappa shape index (κ3) is 5.88. The molecule has 2 N–H and O–H groups in total. The lowest BCUT2D eigenvalue weighted by molar-refractivity contribution is -0.131. The van der Waals surface area contributed by atoms with Crippen LogP contribution >= 0.6 is 0 Å². The molecule has 1 heterocycles. The molecule has 0 saturated heterocycles. The Kier molecular flexibility index (Phi) is 7.62. The zero-order chi connectivity index (χ0) is 18.8. The molecular formula is C19H26N6O. The van der Waals surface area contributed by atoms with Gasteiger partial charge in [0.25, 0.3) is 0 Å². The first-order valence-electron chi connectivity index (χ1n) is 9.02. The van der Waals surface area contributed by atoms with Crippen molar-refractivity contribution in [3.63, 3.8) is 0 Å². The van der Waals surface area contributed by atoms with Crippen LogP contribution in [0.2, 0.25) is 0 Å². The van der Waals surface area contributed by atoms with Crippen molar-refractivity contribution in [1.82, 2.24) is 15.6 Å². The first kappa shape index (κ1) is 19.4. The minimum atomic E-state index is 0.0730. The third-order valence-electron chi connectivity index (χ3n) is 4.06. The normalized spacial score (nSPS) is 14.7. The predicted octanol–water partition coefficient (Wildman–Crippen LogP) is 2.14. The Bertz CT molecular complexity index is 702. The van der Waals surface area contributed by atoms with Crippen molar-refractivity contribution < 1.29 is 4.79 Å². The fraction of sp³-hybridized carbons (Fsp3) is 0.474. The number of unbranched alkanes of at least 4 members (excludes halogenated alkanes) is 1. The van der Waals surface area contributed by atoms with Crippen molar-refractivity contribution in [2.24, 2.45) is 10.1 Å². The van der Waals surface area contributed by atoms with E-state index in [1.807, 2.05) is 13.1 Å². The SMILES string of the molecule is CCNC(=NCCCCN1N=C(c2ccc(C)cc2)CCC1=O)NC#N. The molecule has 26 heavy (non-hydrogen) atoms. The molecule has 1 amide bonds. The van der Waals surface area contributed by atoms with Crippen molar-refractivity contribution in [2.45, 2.75) is 39.5 Å². The number of rotatable bonds is 7. The molecule has 0 aliphatic carbocycles. The highest BCUT2D eigenvalue weighted by Gasteiger charge is 2.20. The van der Waals surface area contributed by atoms with E-state index >= 15 is 0 Å². The monoisotopic (exact) mass is 354 g/mol. The smallest absolute Gasteiger partial charge is 0.243 e. The molecule has 7 nitrogen and oxygen atoms in total. The van der Waals surface area contributed by atoms with Gasteiger partial charge < -0.3 is 5.32 Å². The number of carbonyl (C=O) groups is 1. The van der Waals surface area contributed by atoms with Crippen LogP contribution in [0.4, 0.5) is 0 Å². The molecule has 7 heteroatoms. The second-order valence-electron chi connectivity index (χ2n) is 6.13. The number of guanidine groups is 1. The third-order valence-corrected chi connectivity index (χ3v) is 4.06. The van der Waals surface area contributed by atoms with Crippen molar-refractivity contribution in [3.05, 3.63) is 35.4 Å². The maximum atomic E-state index is 12.1. The number of aryl methyl sites for hydroxylation is 1. The molecule has 1 aliphatic heterocycles. The van der Waals surface area contributed by atoms with Crippen LogP contribution < -0.4 is 10.6 Å². The molecule has 1 aliphatic rings. The molecule has 0 radical (unpaired) electrons. The summed E-state index contributed by atoms with van der Waals surface area (Å²) in [7, 11) is 0. The summed E-state index contributed by atoms with van der Waals surface area (Å²) in [6.07, 6.45) is 4.68. The Labute approximate surface area is 154 Å². The number of nitrogens with zero attached hydrogens (tertiary/aromatic N) is 4. The lowest BCUT2D eigenvalue weighted by Gasteiger charge is -2.23. The quantitative estimate of drug-likeness (QED) is 0.258. The Morgan fingerprint density at radius 2 is 2.08 bits per heavy atom. The maximum Gasteiger partial charge on any atom is 0.243 e. The van der Waals surface area contributed by atoms with E-state index in [0.717, 1.165) is 24.1 Å². The Morgan fingerprint density at radius 3 is 2.77 bits per heavy atom. The van der Waals surface area contributed by atoms with Gasteiger partial charge in [0.05, 0.1) is 5.71 Å². The fourth-order valence-electron chi connectivity index (χ4n) is 2.65. The molecule has 0 bridgehead atoms. The van der Waals surface area contributed by atoms with Gasteiger partial charge in [-0.2, -0.15) is 10.4 Å². The minimum absolute atomic E-state index is 0.0730. The highest BCUT2D eigenvalue weighted by molar-refractivity contribution is 6.04. The van der Waals surface area contributed by atoms with Gasteiger partial charge >= 0.3 is 0 Å². The van der Waals surface area contributed by atoms with Gasteiger partial charge in [-0.1, -0.05) is 29.8 Å². The van der Waals surface area contributed by atoms with E-state index in [0.29, 0.717) is 38.4 Å². The maximum absolute atomic E-state index is 12.1. The van der Waals surface area contributed by atoms with Crippen LogP contribution in [0.15, 0.2) is 34.4 Å². The molecular weight excluding hydrogens is 328 g/mol. The molecule has 2 rings (SSSR count). The number of hydrogen-bond acceptors (Lipinski definition) is 4. The van der Waals surface area contributed by atoms with Gasteiger partial charge in [0.2, 0.25) is 11.9 Å². The molecule has 0 spiro atoms.